The number of aliphatic hydroxyl groups is 1. The maximum Gasteiger partial charge on any atom is 0.416 e. The Hall–Kier alpha value is -1.32. The molecule has 21 heavy (non-hydrogen) atoms. The molecule has 0 aromatic heterocycles. The van der Waals surface area contributed by atoms with Gasteiger partial charge in [-0.3, -0.25) is 0 Å². The van der Waals surface area contributed by atoms with Crippen LogP contribution < -0.4 is 4.74 Å². The standard InChI is InChI=1S/C12H16F3NO4S/c1-16(4-3-5-17)21(18,19)11-7-9(12(13,14)15)6-10(8-11)20-2/h6-8,17H,3-5H2,1-2H3. The Balaban J connectivity index is 3.29. The summed E-state index contributed by atoms with van der Waals surface area (Å²) >= 11 is 0. The first-order chi connectivity index (χ1) is 9.62. The Labute approximate surface area is 121 Å². The molecule has 0 bridgehead atoms. The van der Waals surface area contributed by atoms with Crippen LogP contribution in [0, 0.1) is 0 Å². The fraction of sp³-hybridized carbons (Fsp3) is 0.500. The summed E-state index contributed by atoms with van der Waals surface area (Å²) in [5.74, 6) is -0.195. The third-order valence-electron chi connectivity index (χ3n) is 2.78. The normalized spacial score (nSPS) is 12.7. The van der Waals surface area contributed by atoms with Gasteiger partial charge >= 0.3 is 6.18 Å². The van der Waals surface area contributed by atoms with Gasteiger partial charge in [-0.15, -0.1) is 0 Å². The molecule has 0 aliphatic carbocycles. The molecule has 1 N–H and O–H groups in total. The van der Waals surface area contributed by atoms with Crippen LogP contribution in [-0.2, 0) is 16.2 Å². The number of aliphatic hydroxyl groups excluding tert-OH is 1. The lowest BCUT2D eigenvalue weighted by Gasteiger charge is -2.18. The Kier molecular flexibility index (Phi) is 5.60. The molecular weight excluding hydrogens is 311 g/mol. The van der Waals surface area contributed by atoms with E-state index < -0.39 is 26.7 Å². The highest BCUT2D eigenvalue weighted by Crippen LogP contribution is 2.34. The molecule has 0 radical (unpaired) electrons. The number of halogens is 3. The average molecular weight is 327 g/mol. The van der Waals surface area contributed by atoms with E-state index in [4.69, 9.17) is 9.84 Å². The van der Waals surface area contributed by atoms with E-state index in [1.807, 2.05) is 0 Å². The minimum absolute atomic E-state index is 0.00259. The van der Waals surface area contributed by atoms with E-state index in [-0.39, 0.29) is 25.3 Å². The molecule has 0 fully saturated rings. The highest BCUT2D eigenvalue weighted by atomic mass is 32.2. The van der Waals surface area contributed by atoms with E-state index in [1.54, 1.807) is 0 Å². The van der Waals surface area contributed by atoms with E-state index in [1.165, 1.54) is 7.05 Å². The summed E-state index contributed by atoms with van der Waals surface area (Å²) in [4.78, 5) is -0.505. The molecule has 0 aliphatic rings. The first-order valence-corrected chi connectivity index (χ1v) is 7.40. The number of alkyl halides is 3. The number of benzene rings is 1. The predicted molar refractivity (Wildman–Crippen MR) is 69.5 cm³/mol. The van der Waals surface area contributed by atoms with Gasteiger partial charge in [0.25, 0.3) is 0 Å². The molecule has 1 rings (SSSR count). The van der Waals surface area contributed by atoms with Gasteiger partial charge in [0.15, 0.2) is 0 Å². The molecule has 0 saturated carbocycles. The third-order valence-corrected chi connectivity index (χ3v) is 4.62. The number of rotatable bonds is 6. The number of hydrogen-bond donors (Lipinski definition) is 1. The first kappa shape index (κ1) is 17.7. The Morgan fingerprint density at radius 2 is 1.90 bits per heavy atom. The maximum atomic E-state index is 12.8. The zero-order chi connectivity index (χ0) is 16.3. The molecule has 1 aromatic rings. The Morgan fingerprint density at radius 1 is 1.29 bits per heavy atom. The van der Waals surface area contributed by atoms with Crippen molar-refractivity contribution in [1.29, 1.82) is 0 Å². The highest BCUT2D eigenvalue weighted by molar-refractivity contribution is 7.89. The molecule has 5 nitrogen and oxygen atoms in total. The minimum atomic E-state index is -4.68. The minimum Gasteiger partial charge on any atom is -0.497 e. The summed E-state index contributed by atoms with van der Waals surface area (Å²) in [5.41, 5.74) is -1.10. The molecule has 0 atom stereocenters. The molecule has 0 unspecified atom stereocenters. The molecule has 0 saturated heterocycles. The van der Waals surface area contributed by atoms with Crippen molar-refractivity contribution < 1.29 is 31.4 Å². The fourth-order valence-corrected chi connectivity index (χ4v) is 2.87. The van der Waals surface area contributed by atoms with Gasteiger partial charge < -0.3 is 9.84 Å². The summed E-state index contributed by atoms with van der Waals surface area (Å²) in [7, 11) is -1.70. The number of sulfonamides is 1. The van der Waals surface area contributed by atoms with Crippen molar-refractivity contribution in [3.63, 3.8) is 0 Å². The van der Waals surface area contributed by atoms with Crippen LogP contribution in [-0.4, -0.2) is 45.1 Å². The second-order valence-electron chi connectivity index (χ2n) is 4.30. The van der Waals surface area contributed by atoms with Crippen LogP contribution in [0.2, 0.25) is 0 Å². The van der Waals surface area contributed by atoms with Crippen LogP contribution in [0.5, 0.6) is 5.75 Å². The van der Waals surface area contributed by atoms with Gasteiger partial charge in [0.05, 0.1) is 17.6 Å². The van der Waals surface area contributed by atoms with Crippen molar-refractivity contribution in [3.8, 4) is 5.75 Å². The van der Waals surface area contributed by atoms with Crippen LogP contribution in [0.3, 0.4) is 0 Å². The van der Waals surface area contributed by atoms with Gasteiger partial charge in [0, 0.05) is 26.3 Å². The zero-order valence-corrected chi connectivity index (χ0v) is 12.3. The molecule has 0 aliphatic heterocycles. The third kappa shape index (κ3) is 4.32. The second kappa shape index (κ2) is 6.63. The molecular formula is C12H16F3NO4S. The summed E-state index contributed by atoms with van der Waals surface area (Å²) < 4.78 is 68.4. The topological polar surface area (TPSA) is 66.8 Å². The number of nitrogens with zero attached hydrogens (tertiary/aromatic N) is 1. The predicted octanol–water partition coefficient (Wildman–Crippen LogP) is 1.72. The van der Waals surface area contributed by atoms with Crippen molar-refractivity contribution in [3.05, 3.63) is 23.8 Å². The lowest BCUT2D eigenvalue weighted by Crippen LogP contribution is -2.28. The second-order valence-corrected chi connectivity index (χ2v) is 6.34. The molecule has 0 spiro atoms. The molecule has 0 heterocycles. The molecule has 1 aromatic carbocycles. The Morgan fingerprint density at radius 3 is 2.38 bits per heavy atom. The smallest absolute Gasteiger partial charge is 0.416 e. The van der Waals surface area contributed by atoms with Gasteiger partial charge in [-0.1, -0.05) is 0 Å². The number of ether oxygens (including phenoxy) is 1. The SMILES string of the molecule is COc1cc(C(F)(F)F)cc(S(=O)(=O)N(C)CCCO)c1. The van der Waals surface area contributed by atoms with Crippen LogP contribution in [0.15, 0.2) is 23.1 Å². The fourth-order valence-electron chi connectivity index (χ4n) is 1.60. The van der Waals surface area contributed by atoms with Gasteiger partial charge in [-0.2, -0.15) is 13.2 Å². The molecule has 120 valence electrons. The van der Waals surface area contributed by atoms with Crippen LogP contribution >= 0.6 is 0 Å². The van der Waals surface area contributed by atoms with Gasteiger partial charge in [-0.05, 0) is 18.6 Å². The van der Waals surface area contributed by atoms with E-state index >= 15 is 0 Å². The van der Waals surface area contributed by atoms with Crippen LogP contribution in [0.1, 0.15) is 12.0 Å². The highest BCUT2D eigenvalue weighted by Gasteiger charge is 2.33. The maximum absolute atomic E-state index is 12.8. The van der Waals surface area contributed by atoms with E-state index in [2.05, 4.69) is 0 Å². The van der Waals surface area contributed by atoms with Crippen molar-refractivity contribution in [2.45, 2.75) is 17.5 Å². The lowest BCUT2D eigenvalue weighted by molar-refractivity contribution is -0.137. The van der Waals surface area contributed by atoms with Crippen molar-refractivity contribution in [1.82, 2.24) is 4.31 Å². The summed E-state index contributed by atoms with van der Waals surface area (Å²) in [6.45, 7) is -0.219. The van der Waals surface area contributed by atoms with E-state index in [9.17, 15) is 21.6 Å². The quantitative estimate of drug-likeness (QED) is 0.864. The summed E-state index contributed by atoms with van der Waals surface area (Å²) in [6.07, 6.45) is -4.49. The van der Waals surface area contributed by atoms with Crippen molar-refractivity contribution in [2.24, 2.45) is 0 Å². The molecule has 9 heteroatoms. The van der Waals surface area contributed by atoms with Crippen LogP contribution in [0.4, 0.5) is 13.2 Å². The summed E-state index contributed by atoms with van der Waals surface area (Å²) in [5, 5.41) is 8.69. The first-order valence-electron chi connectivity index (χ1n) is 5.96. The lowest BCUT2D eigenvalue weighted by atomic mass is 10.2. The number of hydrogen-bond acceptors (Lipinski definition) is 4. The van der Waals surface area contributed by atoms with Gasteiger partial charge in [-0.25, -0.2) is 12.7 Å². The van der Waals surface area contributed by atoms with Gasteiger partial charge in [0.2, 0.25) is 10.0 Å². The van der Waals surface area contributed by atoms with E-state index in [0.717, 1.165) is 23.5 Å². The largest absolute Gasteiger partial charge is 0.497 e. The van der Waals surface area contributed by atoms with Crippen molar-refractivity contribution in [2.75, 3.05) is 27.3 Å². The zero-order valence-electron chi connectivity index (χ0n) is 11.5. The van der Waals surface area contributed by atoms with Gasteiger partial charge in [0.1, 0.15) is 5.75 Å². The summed E-state index contributed by atoms with van der Waals surface area (Å²) in [6, 6.07) is 2.32. The monoisotopic (exact) mass is 327 g/mol. The van der Waals surface area contributed by atoms with E-state index in [0.29, 0.717) is 6.07 Å². The molecule has 0 amide bonds. The van der Waals surface area contributed by atoms with Crippen molar-refractivity contribution >= 4 is 10.0 Å². The number of methoxy groups -OCH3 is 1. The Bertz CT molecular complexity index is 587. The van der Waals surface area contributed by atoms with Crippen LogP contribution in [0.25, 0.3) is 0 Å². The average Bonchev–Trinajstić information content (AvgIpc) is 2.42.